The highest BCUT2D eigenvalue weighted by Crippen LogP contribution is 2.14. The van der Waals surface area contributed by atoms with Gasteiger partial charge in [0.05, 0.1) is 0 Å². The van der Waals surface area contributed by atoms with E-state index in [1.165, 1.54) is 6.39 Å². The van der Waals surface area contributed by atoms with E-state index in [0.29, 0.717) is 17.1 Å². The van der Waals surface area contributed by atoms with Gasteiger partial charge in [0.15, 0.2) is 12.0 Å². The molecule has 5 heteroatoms. The van der Waals surface area contributed by atoms with Crippen molar-refractivity contribution >= 4 is 28.6 Å². The standard InChI is InChI=1S/C16H13ClN2O2/c17-13-3-1-2-12(9-13)16(20)18-7-6-11-4-5-15-14(8-11)19-10-21-15/h1-5,8-10H,6-7H2,(H,18,20). The van der Waals surface area contributed by atoms with E-state index in [4.69, 9.17) is 16.0 Å². The number of halogens is 1. The molecule has 0 aliphatic carbocycles. The van der Waals surface area contributed by atoms with Crippen molar-refractivity contribution in [3.63, 3.8) is 0 Å². The summed E-state index contributed by atoms with van der Waals surface area (Å²) in [5.74, 6) is -0.125. The summed E-state index contributed by atoms with van der Waals surface area (Å²) >= 11 is 5.87. The maximum absolute atomic E-state index is 12.0. The van der Waals surface area contributed by atoms with Crippen molar-refractivity contribution in [2.45, 2.75) is 6.42 Å². The van der Waals surface area contributed by atoms with Gasteiger partial charge in [0, 0.05) is 17.1 Å². The molecule has 1 N–H and O–H groups in total. The number of carbonyl (C=O) groups is 1. The van der Waals surface area contributed by atoms with Crippen molar-refractivity contribution in [3.8, 4) is 0 Å². The van der Waals surface area contributed by atoms with Gasteiger partial charge in [0.25, 0.3) is 5.91 Å². The molecule has 0 saturated heterocycles. The number of hydrogen-bond acceptors (Lipinski definition) is 3. The van der Waals surface area contributed by atoms with E-state index in [1.54, 1.807) is 24.3 Å². The zero-order valence-electron chi connectivity index (χ0n) is 11.2. The van der Waals surface area contributed by atoms with Crippen LogP contribution >= 0.6 is 11.6 Å². The van der Waals surface area contributed by atoms with Gasteiger partial charge in [-0.2, -0.15) is 0 Å². The average molecular weight is 301 g/mol. The fourth-order valence-electron chi connectivity index (χ4n) is 2.11. The molecule has 4 nitrogen and oxygen atoms in total. The third-order valence-electron chi connectivity index (χ3n) is 3.18. The molecule has 0 atom stereocenters. The van der Waals surface area contributed by atoms with Crippen molar-refractivity contribution in [2.75, 3.05) is 6.54 Å². The Morgan fingerprint density at radius 3 is 3.00 bits per heavy atom. The number of carbonyl (C=O) groups excluding carboxylic acids is 1. The number of amides is 1. The van der Waals surface area contributed by atoms with E-state index in [2.05, 4.69) is 10.3 Å². The van der Waals surface area contributed by atoms with Crippen LogP contribution in [-0.4, -0.2) is 17.4 Å². The molecule has 0 aliphatic heterocycles. The molecule has 2 aromatic carbocycles. The number of rotatable bonds is 4. The van der Waals surface area contributed by atoms with Gasteiger partial charge in [-0.1, -0.05) is 23.7 Å². The summed E-state index contributed by atoms with van der Waals surface area (Å²) in [5.41, 5.74) is 3.26. The molecule has 3 rings (SSSR count). The Labute approximate surface area is 126 Å². The van der Waals surface area contributed by atoms with E-state index < -0.39 is 0 Å². The first-order valence-corrected chi connectivity index (χ1v) is 6.96. The van der Waals surface area contributed by atoms with E-state index in [0.717, 1.165) is 23.1 Å². The lowest BCUT2D eigenvalue weighted by Crippen LogP contribution is -2.25. The minimum absolute atomic E-state index is 0.125. The topological polar surface area (TPSA) is 55.1 Å². The third kappa shape index (κ3) is 3.23. The minimum atomic E-state index is -0.125. The second-order valence-corrected chi connectivity index (χ2v) is 5.11. The Balaban J connectivity index is 1.59. The Bertz CT molecular complexity index is 783. The first-order valence-electron chi connectivity index (χ1n) is 6.58. The average Bonchev–Trinajstić information content (AvgIpc) is 2.94. The van der Waals surface area contributed by atoms with Crippen LogP contribution in [0.4, 0.5) is 0 Å². The number of oxazole rings is 1. The number of aromatic nitrogens is 1. The van der Waals surface area contributed by atoms with Gasteiger partial charge in [-0.15, -0.1) is 0 Å². The normalized spacial score (nSPS) is 10.7. The highest BCUT2D eigenvalue weighted by Gasteiger charge is 2.06. The summed E-state index contributed by atoms with van der Waals surface area (Å²) in [6, 6.07) is 12.7. The van der Waals surface area contributed by atoms with E-state index in [9.17, 15) is 4.79 Å². The molecule has 0 bridgehead atoms. The van der Waals surface area contributed by atoms with Crippen molar-refractivity contribution < 1.29 is 9.21 Å². The van der Waals surface area contributed by atoms with Crippen LogP contribution in [-0.2, 0) is 6.42 Å². The summed E-state index contributed by atoms with van der Waals surface area (Å²) in [6.45, 7) is 0.550. The molecule has 1 aromatic heterocycles. The number of hydrogen-bond donors (Lipinski definition) is 1. The maximum Gasteiger partial charge on any atom is 0.251 e. The molecule has 3 aromatic rings. The summed E-state index contributed by atoms with van der Waals surface area (Å²) < 4.78 is 5.19. The lowest BCUT2D eigenvalue weighted by Gasteiger charge is -2.05. The largest absolute Gasteiger partial charge is 0.443 e. The first-order chi connectivity index (χ1) is 10.2. The molecule has 0 spiro atoms. The van der Waals surface area contributed by atoms with Gasteiger partial charge in [-0.05, 0) is 42.3 Å². The first kappa shape index (κ1) is 13.6. The van der Waals surface area contributed by atoms with Crippen LogP contribution < -0.4 is 5.32 Å². The van der Waals surface area contributed by atoms with Crippen LogP contribution in [0.2, 0.25) is 5.02 Å². The lowest BCUT2D eigenvalue weighted by molar-refractivity contribution is 0.0954. The van der Waals surface area contributed by atoms with Crippen LogP contribution in [0.15, 0.2) is 53.3 Å². The van der Waals surface area contributed by atoms with Gasteiger partial charge < -0.3 is 9.73 Å². The van der Waals surface area contributed by atoms with E-state index in [-0.39, 0.29) is 5.91 Å². The fraction of sp³-hybridized carbons (Fsp3) is 0.125. The smallest absolute Gasteiger partial charge is 0.251 e. The maximum atomic E-state index is 12.0. The number of nitrogens with one attached hydrogen (secondary N) is 1. The van der Waals surface area contributed by atoms with Gasteiger partial charge >= 0.3 is 0 Å². The number of fused-ring (bicyclic) bond motifs is 1. The van der Waals surface area contributed by atoms with Crippen molar-refractivity contribution in [2.24, 2.45) is 0 Å². The van der Waals surface area contributed by atoms with Crippen LogP contribution in [0.3, 0.4) is 0 Å². The molecule has 1 amide bonds. The fourth-order valence-corrected chi connectivity index (χ4v) is 2.30. The van der Waals surface area contributed by atoms with Crippen molar-refractivity contribution in [3.05, 3.63) is 65.0 Å². The molecular weight excluding hydrogens is 288 g/mol. The van der Waals surface area contributed by atoms with Crippen molar-refractivity contribution in [1.82, 2.24) is 10.3 Å². The van der Waals surface area contributed by atoms with Gasteiger partial charge in [-0.25, -0.2) is 4.98 Å². The van der Waals surface area contributed by atoms with Gasteiger partial charge in [0.1, 0.15) is 5.52 Å². The van der Waals surface area contributed by atoms with Crippen LogP contribution in [0.5, 0.6) is 0 Å². The highest BCUT2D eigenvalue weighted by atomic mass is 35.5. The van der Waals surface area contributed by atoms with Crippen molar-refractivity contribution in [1.29, 1.82) is 0 Å². The SMILES string of the molecule is O=C(NCCc1ccc2ocnc2c1)c1cccc(Cl)c1. The Kier molecular flexibility index (Phi) is 3.88. The van der Waals surface area contributed by atoms with E-state index in [1.807, 2.05) is 18.2 Å². The molecule has 0 fully saturated rings. The monoisotopic (exact) mass is 300 g/mol. The van der Waals surface area contributed by atoms with Crippen LogP contribution in [0, 0.1) is 0 Å². The molecule has 0 aliphatic rings. The summed E-state index contributed by atoms with van der Waals surface area (Å²) in [5, 5.41) is 3.43. The second-order valence-electron chi connectivity index (χ2n) is 4.67. The predicted molar refractivity (Wildman–Crippen MR) is 81.5 cm³/mol. The molecule has 0 unspecified atom stereocenters. The quantitative estimate of drug-likeness (QED) is 0.803. The molecule has 106 valence electrons. The Morgan fingerprint density at radius 2 is 2.14 bits per heavy atom. The summed E-state index contributed by atoms with van der Waals surface area (Å²) in [7, 11) is 0. The highest BCUT2D eigenvalue weighted by molar-refractivity contribution is 6.30. The number of benzene rings is 2. The third-order valence-corrected chi connectivity index (χ3v) is 3.42. The van der Waals surface area contributed by atoms with Gasteiger partial charge in [-0.3, -0.25) is 4.79 Å². The minimum Gasteiger partial charge on any atom is -0.443 e. The summed E-state index contributed by atoms with van der Waals surface area (Å²) in [4.78, 5) is 16.1. The zero-order valence-corrected chi connectivity index (χ0v) is 11.9. The molecule has 0 saturated carbocycles. The molecule has 0 radical (unpaired) electrons. The predicted octanol–water partition coefficient (Wildman–Crippen LogP) is 3.45. The lowest BCUT2D eigenvalue weighted by atomic mass is 10.1. The molecule has 1 heterocycles. The van der Waals surface area contributed by atoms with Crippen LogP contribution in [0.1, 0.15) is 15.9 Å². The zero-order chi connectivity index (χ0) is 14.7. The van der Waals surface area contributed by atoms with Crippen LogP contribution in [0.25, 0.3) is 11.1 Å². The summed E-state index contributed by atoms with van der Waals surface area (Å²) in [6.07, 6.45) is 2.16. The van der Waals surface area contributed by atoms with Gasteiger partial charge in [0.2, 0.25) is 0 Å². The number of nitrogens with zero attached hydrogens (tertiary/aromatic N) is 1. The molecular formula is C16H13ClN2O2. The van der Waals surface area contributed by atoms with E-state index >= 15 is 0 Å². The molecule has 21 heavy (non-hydrogen) atoms. The Morgan fingerprint density at radius 1 is 1.24 bits per heavy atom. The Hall–Kier alpha value is -2.33. The second kappa shape index (κ2) is 5.97.